The first-order valence-corrected chi connectivity index (χ1v) is 3.97. The van der Waals surface area contributed by atoms with E-state index >= 15 is 0 Å². The molecule has 2 heteroatoms. The molecule has 0 aliphatic heterocycles. The lowest BCUT2D eigenvalue weighted by Gasteiger charge is -1.85. The minimum Gasteiger partial charge on any atom is -0.400 e. The fourth-order valence-corrected chi connectivity index (χ4v) is 0.362. The van der Waals surface area contributed by atoms with Crippen molar-refractivity contribution in [2.24, 2.45) is 0 Å². The normalized spacial score (nSPS) is 6.60. The molecule has 0 bridgehead atoms. The summed E-state index contributed by atoms with van der Waals surface area (Å²) in [5.41, 5.74) is 0. The Bertz CT molecular complexity index is 19.2. The van der Waals surface area contributed by atoms with Crippen LogP contribution in [-0.2, 0) is 0 Å². The Morgan fingerprint density at radius 2 is 1.40 bits per heavy atom. The Kier molecular flexibility index (Phi) is 60.0. The lowest BCUT2D eigenvalue weighted by molar-refractivity contribution is 0.284. The van der Waals surface area contributed by atoms with E-state index in [9.17, 15) is 0 Å². The van der Waals surface area contributed by atoms with E-state index in [4.69, 9.17) is 10.2 Å². The van der Waals surface area contributed by atoms with Crippen molar-refractivity contribution in [3.05, 3.63) is 0 Å². The van der Waals surface area contributed by atoms with Crippen molar-refractivity contribution in [2.45, 2.75) is 40.0 Å². The maximum atomic E-state index is 8.20. The summed E-state index contributed by atoms with van der Waals surface area (Å²) in [7, 11) is 1.00. The molecule has 10 heavy (non-hydrogen) atoms. The standard InChI is InChI=1S/C5H12O.C2H6.CH4O/c1-2-3-4-5-6;2*1-2/h6H,2-5H2,1H3;1-2H3;2H,1H3. The average Bonchev–Trinajstić information content (AvgIpc) is 2.08. The number of unbranched alkanes of at least 4 members (excludes halogenated alkanes) is 2. The molecule has 0 aliphatic carbocycles. The van der Waals surface area contributed by atoms with Gasteiger partial charge in [0.1, 0.15) is 0 Å². The maximum Gasteiger partial charge on any atom is 0.0431 e. The quantitative estimate of drug-likeness (QED) is 0.602. The van der Waals surface area contributed by atoms with Crippen molar-refractivity contribution in [3.8, 4) is 0 Å². The predicted octanol–water partition coefficient (Wildman–Crippen LogP) is 1.80. The van der Waals surface area contributed by atoms with Crippen LogP contribution < -0.4 is 0 Å². The third-order valence-electron chi connectivity index (χ3n) is 0.762. The average molecular weight is 150 g/mol. The van der Waals surface area contributed by atoms with Crippen LogP contribution >= 0.6 is 0 Å². The Hall–Kier alpha value is -0.0800. The van der Waals surface area contributed by atoms with E-state index in [1.54, 1.807) is 0 Å². The van der Waals surface area contributed by atoms with E-state index in [0.717, 1.165) is 20.0 Å². The lowest BCUT2D eigenvalue weighted by atomic mass is 10.3. The Balaban J connectivity index is -0.000000105. The Morgan fingerprint density at radius 1 is 1.00 bits per heavy atom. The first-order chi connectivity index (χ1) is 4.91. The van der Waals surface area contributed by atoms with Gasteiger partial charge >= 0.3 is 0 Å². The third-order valence-corrected chi connectivity index (χ3v) is 0.762. The Labute approximate surface area is 64.9 Å². The number of aliphatic hydroxyl groups is 2. The Morgan fingerprint density at radius 3 is 1.50 bits per heavy atom. The lowest BCUT2D eigenvalue weighted by Crippen LogP contribution is -1.78. The fraction of sp³-hybridized carbons (Fsp3) is 1.00. The summed E-state index contributed by atoms with van der Waals surface area (Å²) in [6, 6.07) is 0. The number of hydrogen-bond donors (Lipinski definition) is 2. The van der Waals surface area contributed by atoms with Crippen LogP contribution in [0.2, 0.25) is 0 Å². The number of aliphatic hydroxyl groups excluding tert-OH is 2. The van der Waals surface area contributed by atoms with Crippen LogP contribution in [0.5, 0.6) is 0 Å². The zero-order valence-corrected chi connectivity index (χ0v) is 7.72. The van der Waals surface area contributed by atoms with Crippen LogP contribution in [-0.4, -0.2) is 23.9 Å². The van der Waals surface area contributed by atoms with Gasteiger partial charge in [0, 0.05) is 13.7 Å². The van der Waals surface area contributed by atoms with Gasteiger partial charge in [-0.3, -0.25) is 0 Å². The molecule has 0 unspecified atom stereocenters. The predicted molar refractivity (Wildman–Crippen MR) is 46.1 cm³/mol. The summed E-state index contributed by atoms with van der Waals surface area (Å²) in [6.07, 6.45) is 3.33. The van der Waals surface area contributed by atoms with Crippen LogP contribution in [0, 0.1) is 0 Å². The van der Waals surface area contributed by atoms with E-state index in [0.29, 0.717) is 6.61 Å². The second kappa shape index (κ2) is 36.4. The SMILES string of the molecule is CC.CCCCCO.CO. The van der Waals surface area contributed by atoms with E-state index in [1.165, 1.54) is 6.42 Å². The summed E-state index contributed by atoms with van der Waals surface area (Å²) < 4.78 is 0. The van der Waals surface area contributed by atoms with Gasteiger partial charge in [0.15, 0.2) is 0 Å². The highest BCUT2D eigenvalue weighted by Gasteiger charge is 1.76. The van der Waals surface area contributed by atoms with E-state index in [-0.39, 0.29) is 0 Å². The smallest absolute Gasteiger partial charge is 0.0431 e. The van der Waals surface area contributed by atoms with Gasteiger partial charge in [0.25, 0.3) is 0 Å². The van der Waals surface area contributed by atoms with Crippen molar-refractivity contribution in [2.75, 3.05) is 13.7 Å². The molecule has 0 spiro atoms. The minimum atomic E-state index is 0.355. The van der Waals surface area contributed by atoms with Gasteiger partial charge in [-0.1, -0.05) is 33.6 Å². The first kappa shape index (κ1) is 16.5. The highest BCUT2D eigenvalue weighted by Crippen LogP contribution is 1.89. The largest absolute Gasteiger partial charge is 0.400 e. The van der Waals surface area contributed by atoms with Crippen LogP contribution in [0.25, 0.3) is 0 Å². The summed E-state index contributed by atoms with van der Waals surface area (Å²) in [6.45, 7) is 6.48. The van der Waals surface area contributed by atoms with Gasteiger partial charge in [0.05, 0.1) is 0 Å². The summed E-state index contributed by atoms with van der Waals surface area (Å²) in [5.74, 6) is 0. The third kappa shape index (κ3) is 44.5. The number of hydrogen-bond acceptors (Lipinski definition) is 2. The monoisotopic (exact) mass is 150 g/mol. The molecule has 0 rings (SSSR count). The molecular weight excluding hydrogens is 128 g/mol. The van der Waals surface area contributed by atoms with Crippen molar-refractivity contribution in [1.29, 1.82) is 0 Å². The van der Waals surface area contributed by atoms with Crippen LogP contribution in [0.15, 0.2) is 0 Å². The second-order valence-corrected chi connectivity index (χ2v) is 1.43. The maximum absolute atomic E-state index is 8.20. The van der Waals surface area contributed by atoms with Crippen molar-refractivity contribution < 1.29 is 10.2 Å². The molecule has 2 nitrogen and oxygen atoms in total. The minimum absolute atomic E-state index is 0.355. The van der Waals surface area contributed by atoms with E-state index in [2.05, 4.69) is 6.92 Å². The topological polar surface area (TPSA) is 40.5 Å². The van der Waals surface area contributed by atoms with E-state index in [1.807, 2.05) is 13.8 Å². The van der Waals surface area contributed by atoms with Crippen LogP contribution in [0.3, 0.4) is 0 Å². The molecule has 0 saturated heterocycles. The molecule has 0 radical (unpaired) electrons. The number of rotatable bonds is 3. The molecule has 0 aromatic carbocycles. The molecule has 2 N–H and O–H groups in total. The van der Waals surface area contributed by atoms with Gasteiger partial charge in [-0.05, 0) is 6.42 Å². The molecule has 0 saturated carbocycles. The molecule has 0 aromatic rings. The van der Waals surface area contributed by atoms with E-state index < -0.39 is 0 Å². The van der Waals surface area contributed by atoms with Crippen molar-refractivity contribution >= 4 is 0 Å². The van der Waals surface area contributed by atoms with Gasteiger partial charge in [0.2, 0.25) is 0 Å². The summed E-state index contributed by atoms with van der Waals surface area (Å²) >= 11 is 0. The zero-order valence-electron chi connectivity index (χ0n) is 7.72. The molecule has 66 valence electrons. The molecule has 0 aliphatic rings. The molecule has 0 aromatic heterocycles. The molecule has 0 atom stereocenters. The molecule has 0 amide bonds. The summed E-state index contributed by atoms with van der Waals surface area (Å²) in [5, 5.41) is 15.2. The highest BCUT2D eigenvalue weighted by atomic mass is 16.3. The van der Waals surface area contributed by atoms with Crippen molar-refractivity contribution in [3.63, 3.8) is 0 Å². The second-order valence-electron chi connectivity index (χ2n) is 1.43. The van der Waals surface area contributed by atoms with Gasteiger partial charge in [-0.25, -0.2) is 0 Å². The van der Waals surface area contributed by atoms with Gasteiger partial charge < -0.3 is 10.2 Å². The zero-order chi connectivity index (χ0) is 8.83. The highest BCUT2D eigenvalue weighted by molar-refractivity contribution is 4.30. The molecule has 0 heterocycles. The van der Waals surface area contributed by atoms with Crippen LogP contribution in [0.1, 0.15) is 40.0 Å². The molecule has 0 fully saturated rings. The van der Waals surface area contributed by atoms with Gasteiger partial charge in [-0.15, -0.1) is 0 Å². The summed E-state index contributed by atoms with van der Waals surface area (Å²) in [4.78, 5) is 0. The first-order valence-electron chi connectivity index (χ1n) is 3.97. The van der Waals surface area contributed by atoms with Crippen molar-refractivity contribution in [1.82, 2.24) is 0 Å². The van der Waals surface area contributed by atoms with Gasteiger partial charge in [-0.2, -0.15) is 0 Å². The molecular formula is C8H22O2. The fourth-order valence-electron chi connectivity index (χ4n) is 0.362. The van der Waals surface area contributed by atoms with Crippen LogP contribution in [0.4, 0.5) is 0 Å².